The molecule has 1 heterocycles. The molecule has 4 nitrogen and oxygen atoms in total. The Labute approximate surface area is 162 Å². The lowest BCUT2D eigenvalue weighted by Crippen LogP contribution is -2.48. The van der Waals surface area contributed by atoms with Crippen LogP contribution in [0.25, 0.3) is 0 Å². The molecule has 0 aliphatic carbocycles. The van der Waals surface area contributed by atoms with Crippen LogP contribution in [0.4, 0.5) is 5.69 Å². The number of aliphatic hydroxyl groups is 1. The minimum Gasteiger partial charge on any atom is -0.491 e. The average molecular weight is 367 g/mol. The Hall–Kier alpha value is -2.17. The van der Waals surface area contributed by atoms with Gasteiger partial charge in [0.25, 0.3) is 0 Å². The first-order valence-corrected chi connectivity index (χ1v) is 9.87. The van der Waals surface area contributed by atoms with E-state index in [4.69, 9.17) is 4.74 Å². The third-order valence-electron chi connectivity index (χ3n) is 5.24. The maximum Gasteiger partial charge on any atom is 0.119 e. The van der Waals surface area contributed by atoms with E-state index in [-0.39, 0.29) is 0 Å². The molecule has 27 heavy (non-hydrogen) atoms. The summed E-state index contributed by atoms with van der Waals surface area (Å²) < 4.78 is 5.77. The summed E-state index contributed by atoms with van der Waals surface area (Å²) in [7, 11) is 0. The van der Waals surface area contributed by atoms with E-state index in [1.165, 1.54) is 19.3 Å². The minimum atomic E-state index is -0.483. The molecule has 144 valence electrons. The molecule has 2 aromatic carbocycles. The summed E-state index contributed by atoms with van der Waals surface area (Å²) in [5.41, 5.74) is 1.95. The molecule has 0 amide bonds. The van der Waals surface area contributed by atoms with Crippen LogP contribution < -0.4 is 4.74 Å². The molecule has 0 bridgehead atoms. The third-order valence-corrected chi connectivity index (χ3v) is 5.24. The quantitative estimate of drug-likeness (QED) is 0.737. The van der Waals surface area contributed by atoms with Gasteiger partial charge in [0, 0.05) is 24.8 Å². The first-order chi connectivity index (χ1) is 13.1. The maximum atomic E-state index is 10.4. The highest BCUT2D eigenvalue weighted by Gasteiger charge is 2.26. The number of hydrogen-bond acceptors (Lipinski definition) is 4. The highest BCUT2D eigenvalue weighted by molar-refractivity contribution is 5.81. The van der Waals surface area contributed by atoms with Crippen molar-refractivity contribution in [1.82, 2.24) is 4.90 Å². The zero-order valence-electron chi connectivity index (χ0n) is 16.3. The first-order valence-electron chi connectivity index (χ1n) is 9.87. The summed E-state index contributed by atoms with van der Waals surface area (Å²) >= 11 is 0. The fraction of sp³-hybridized carbons (Fsp3) is 0.435. The fourth-order valence-corrected chi connectivity index (χ4v) is 3.64. The molecule has 1 fully saturated rings. The predicted octanol–water partition coefficient (Wildman–Crippen LogP) is 4.44. The average Bonchev–Trinajstić information content (AvgIpc) is 2.69. The van der Waals surface area contributed by atoms with Crippen molar-refractivity contribution in [3.05, 3.63) is 60.2 Å². The van der Waals surface area contributed by atoms with Gasteiger partial charge in [0.1, 0.15) is 18.5 Å². The number of hydrogen-bond donors (Lipinski definition) is 1. The van der Waals surface area contributed by atoms with E-state index in [1.54, 1.807) is 0 Å². The van der Waals surface area contributed by atoms with E-state index in [2.05, 4.69) is 23.7 Å². The van der Waals surface area contributed by atoms with E-state index < -0.39 is 6.10 Å². The molecule has 4 heteroatoms. The van der Waals surface area contributed by atoms with Gasteiger partial charge in [0.2, 0.25) is 0 Å². The smallest absolute Gasteiger partial charge is 0.119 e. The Kier molecular flexibility index (Phi) is 7.02. The molecule has 3 rings (SSSR count). The second-order valence-corrected chi connectivity index (χ2v) is 7.45. The molecule has 1 saturated heterocycles. The number of nitrogens with zero attached hydrogens (tertiary/aromatic N) is 2. The van der Waals surface area contributed by atoms with Crippen LogP contribution in [0.15, 0.2) is 59.6 Å². The summed E-state index contributed by atoms with van der Waals surface area (Å²) in [5.74, 6) is 0.757. The second kappa shape index (κ2) is 9.67. The van der Waals surface area contributed by atoms with Crippen LogP contribution in [0.2, 0.25) is 0 Å². The van der Waals surface area contributed by atoms with Crippen molar-refractivity contribution in [2.24, 2.45) is 4.99 Å². The molecule has 0 saturated carbocycles. The van der Waals surface area contributed by atoms with Crippen LogP contribution in [0, 0.1) is 0 Å². The molecule has 0 unspecified atom stereocenters. The van der Waals surface area contributed by atoms with Crippen LogP contribution in [0.5, 0.6) is 5.75 Å². The number of piperidine rings is 1. The van der Waals surface area contributed by atoms with Crippen LogP contribution in [-0.2, 0) is 0 Å². The maximum absolute atomic E-state index is 10.4. The molecule has 1 aliphatic heterocycles. The zero-order chi connectivity index (χ0) is 19.1. The number of benzene rings is 2. The molecule has 0 radical (unpaired) electrons. The van der Waals surface area contributed by atoms with Crippen molar-refractivity contribution in [3.63, 3.8) is 0 Å². The lowest BCUT2D eigenvalue weighted by molar-refractivity contribution is 0.0209. The molecule has 0 spiro atoms. The Balaban J connectivity index is 1.47. The van der Waals surface area contributed by atoms with Crippen LogP contribution >= 0.6 is 0 Å². The number of aliphatic imine (C=N–C) groups is 1. The Bertz CT molecular complexity index is 705. The number of ether oxygens (including phenoxy) is 1. The summed E-state index contributed by atoms with van der Waals surface area (Å²) in [5, 5.41) is 10.4. The highest BCUT2D eigenvalue weighted by atomic mass is 16.5. The van der Waals surface area contributed by atoms with Crippen molar-refractivity contribution in [1.29, 1.82) is 0 Å². The predicted molar refractivity (Wildman–Crippen MR) is 111 cm³/mol. The van der Waals surface area contributed by atoms with Gasteiger partial charge in [-0.25, -0.2) is 0 Å². The van der Waals surface area contributed by atoms with Crippen LogP contribution in [-0.4, -0.2) is 47.6 Å². The number of likely N-dealkylation sites (tertiary alicyclic amines) is 1. The SMILES string of the molecule is C[C@@H]1CCC[C@H](C)N1C[C@H](O)COc1ccc(N=Cc2ccccc2)cc1. The minimum absolute atomic E-state index is 0.308. The van der Waals surface area contributed by atoms with Crippen molar-refractivity contribution >= 4 is 11.9 Å². The second-order valence-electron chi connectivity index (χ2n) is 7.45. The van der Waals surface area contributed by atoms with E-state index in [0.717, 1.165) is 17.0 Å². The van der Waals surface area contributed by atoms with Gasteiger partial charge >= 0.3 is 0 Å². The van der Waals surface area contributed by atoms with E-state index in [9.17, 15) is 5.11 Å². The standard InChI is InChI=1S/C23H30N2O2/c1-18-7-6-8-19(2)25(18)16-22(26)17-27-23-13-11-21(12-14-23)24-15-20-9-4-3-5-10-20/h3-5,9-15,18-19,22,26H,6-8,16-17H2,1-2H3/t18-,19+,22-/m0/s1. The van der Waals surface area contributed by atoms with Crippen molar-refractivity contribution in [3.8, 4) is 5.75 Å². The summed E-state index contributed by atoms with van der Waals surface area (Å²) in [6.07, 6.45) is 5.07. The Morgan fingerprint density at radius 1 is 1.07 bits per heavy atom. The van der Waals surface area contributed by atoms with Gasteiger partial charge in [-0.1, -0.05) is 36.8 Å². The van der Waals surface area contributed by atoms with E-state index in [0.29, 0.717) is 25.2 Å². The van der Waals surface area contributed by atoms with Crippen molar-refractivity contribution in [2.75, 3.05) is 13.2 Å². The van der Waals surface area contributed by atoms with Gasteiger partial charge in [0.15, 0.2) is 0 Å². The summed E-state index contributed by atoms with van der Waals surface area (Å²) in [6, 6.07) is 18.7. The highest BCUT2D eigenvalue weighted by Crippen LogP contribution is 2.23. The summed E-state index contributed by atoms with van der Waals surface area (Å²) in [6.45, 7) is 5.47. The molecule has 0 aromatic heterocycles. The molecule has 1 aliphatic rings. The topological polar surface area (TPSA) is 45.1 Å². The monoisotopic (exact) mass is 366 g/mol. The third kappa shape index (κ3) is 5.91. The van der Waals surface area contributed by atoms with Crippen LogP contribution in [0.3, 0.4) is 0 Å². The molecule has 2 aromatic rings. The summed E-state index contributed by atoms with van der Waals surface area (Å²) in [4.78, 5) is 6.87. The van der Waals surface area contributed by atoms with Crippen LogP contribution in [0.1, 0.15) is 38.7 Å². The van der Waals surface area contributed by atoms with E-state index in [1.807, 2.05) is 60.8 Å². The zero-order valence-corrected chi connectivity index (χ0v) is 16.3. The van der Waals surface area contributed by atoms with Gasteiger partial charge in [0.05, 0.1) is 5.69 Å². The van der Waals surface area contributed by atoms with Gasteiger partial charge in [-0.2, -0.15) is 0 Å². The normalized spacial score (nSPS) is 22.0. The number of aliphatic hydroxyl groups excluding tert-OH is 1. The molecular formula is C23H30N2O2. The van der Waals surface area contributed by atoms with Gasteiger partial charge < -0.3 is 9.84 Å². The Morgan fingerprint density at radius 3 is 2.41 bits per heavy atom. The lowest BCUT2D eigenvalue weighted by atomic mass is 9.97. The number of β-amino-alcohol motifs (C(OH)–C–C–N with tert-alkyl or cyclic N) is 1. The van der Waals surface area contributed by atoms with Gasteiger partial charge in [-0.3, -0.25) is 9.89 Å². The largest absolute Gasteiger partial charge is 0.491 e. The van der Waals surface area contributed by atoms with E-state index >= 15 is 0 Å². The molecule has 1 N–H and O–H groups in total. The first kappa shape index (κ1) is 19.6. The van der Waals surface area contributed by atoms with Gasteiger partial charge in [-0.15, -0.1) is 0 Å². The van der Waals surface area contributed by atoms with Gasteiger partial charge in [-0.05, 0) is 56.5 Å². The van der Waals surface area contributed by atoms with Crippen molar-refractivity contribution in [2.45, 2.75) is 51.3 Å². The van der Waals surface area contributed by atoms with Crippen molar-refractivity contribution < 1.29 is 9.84 Å². The fourth-order valence-electron chi connectivity index (χ4n) is 3.64. The number of rotatable bonds is 7. The lowest BCUT2D eigenvalue weighted by Gasteiger charge is -2.40. The molecule has 3 atom stereocenters. The molecular weight excluding hydrogens is 336 g/mol. The Morgan fingerprint density at radius 2 is 1.74 bits per heavy atom.